The van der Waals surface area contributed by atoms with E-state index in [1.54, 1.807) is 6.08 Å². The molecule has 1 N–H and O–H groups in total. The van der Waals surface area contributed by atoms with E-state index in [1.165, 1.54) is 37.5 Å². The molecule has 0 atom stereocenters. The van der Waals surface area contributed by atoms with Crippen molar-refractivity contribution in [2.24, 2.45) is 0 Å². The van der Waals surface area contributed by atoms with Crippen molar-refractivity contribution in [3.8, 4) is 5.75 Å². The van der Waals surface area contributed by atoms with Crippen molar-refractivity contribution in [3.05, 3.63) is 95.8 Å². The third kappa shape index (κ3) is 5.08. The van der Waals surface area contributed by atoms with Crippen molar-refractivity contribution in [2.45, 2.75) is 4.90 Å². The molecule has 0 fully saturated rings. The predicted molar refractivity (Wildman–Crippen MR) is 110 cm³/mol. The average Bonchev–Trinajstić information content (AvgIpc) is 2.73. The zero-order chi connectivity index (χ0) is 20.9. The highest BCUT2D eigenvalue weighted by Crippen LogP contribution is 2.23. The molecule has 0 saturated carbocycles. The topological polar surface area (TPSA) is 72.5 Å². The van der Waals surface area contributed by atoms with Crippen molar-refractivity contribution in [1.29, 1.82) is 0 Å². The Morgan fingerprint density at radius 2 is 1.69 bits per heavy atom. The van der Waals surface area contributed by atoms with Gasteiger partial charge in [0, 0.05) is 17.3 Å². The molecule has 3 rings (SSSR count). The molecule has 0 aliphatic carbocycles. The van der Waals surface area contributed by atoms with Gasteiger partial charge in [0.15, 0.2) is 17.3 Å². The minimum Gasteiger partial charge on any atom is -0.494 e. The Morgan fingerprint density at radius 3 is 2.34 bits per heavy atom. The fraction of sp³-hybridized carbons (Fsp3) is 0.0455. The van der Waals surface area contributed by atoms with Crippen LogP contribution in [0.2, 0.25) is 0 Å². The second kappa shape index (κ2) is 8.70. The van der Waals surface area contributed by atoms with E-state index in [9.17, 15) is 17.6 Å². The van der Waals surface area contributed by atoms with Crippen LogP contribution in [-0.4, -0.2) is 21.3 Å². The molecule has 5 nitrogen and oxygen atoms in total. The van der Waals surface area contributed by atoms with E-state index in [2.05, 4.69) is 4.72 Å². The van der Waals surface area contributed by atoms with Crippen LogP contribution < -0.4 is 9.46 Å². The number of ketones is 1. The highest BCUT2D eigenvalue weighted by Gasteiger charge is 2.17. The fourth-order valence-electron chi connectivity index (χ4n) is 2.56. The monoisotopic (exact) mass is 411 g/mol. The van der Waals surface area contributed by atoms with Crippen LogP contribution >= 0.6 is 0 Å². The first-order chi connectivity index (χ1) is 13.9. The Kier molecular flexibility index (Phi) is 6.09. The standard InChI is InChI=1S/C22H18FNO4S/c1-28-22-15-19(12-13-20(22)23)29(26,27)24-18-10-8-17(9-11-18)21(25)14-7-16-5-3-2-4-6-16/h2-15,24H,1H3/b14-7+. The second-order valence-electron chi connectivity index (χ2n) is 6.09. The molecular weight excluding hydrogens is 393 g/mol. The number of hydrogen-bond donors (Lipinski definition) is 1. The summed E-state index contributed by atoms with van der Waals surface area (Å²) in [6.45, 7) is 0. The lowest BCUT2D eigenvalue weighted by Gasteiger charge is -2.10. The number of sulfonamides is 1. The Hall–Kier alpha value is -3.45. The number of ether oxygens (including phenoxy) is 1. The first-order valence-electron chi connectivity index (χ1n) is 8.63. The molecule has 0 aliphatic rings. The van der Waals surface area contributed by atoms with Crippen LogP contribution in [0.3, 0.4) is 0 Å². The summed E-state index contributed by atoms with van der Waals surface area (Å²) in [6, 6.07) is 18.7. The van der Waals surface area contributed by atoms with Gasteiger partial charge >= 0.3 is 0 Å². The summed E-state index contributed by atoms with van der Waals surface area (Å²) < 4.78 is 45.7. The molecular formula is C22H18FNO4S. The molecule has 0 aromatic heterocycles. The Morgan fingerprint density at radius 1 is 1.00 bits per heavy atom. The molecule has 0 saturated heterocycles. The van der Waals surface area contributed by atoms with Gasteiger partial charge in [-0.15, -0.1) is 0 Å². The maximum Gasteiger partial charge on any atom is 0.262 e. The maximum atomic E-state index is 13.5. The van der Waals surface area contributed by atoms with Gasteiger partial charge in [0.25, 0.3) is 10.0 Å². The van der Waals surface area contributed by atoms with Gasteiger partial charge in [-0.3, -0.25) is 9.52 Å². The summed E-state index contributed by atoms with van der Waals surface area (Å²) in [5.74, 6) is -1.02. The van der Waals surface area contributed by atoms with E-state index in [-0.39, 0.29) is 22.1 Å². The Balaban J connectivity index is 1.73. The van der Waals surface area contributed by atoms with E-state index < -0.39 is 15.8 Å². The van der Waals surface area contributed by atoms with Gasteiger partial charge in [-0.1, -0.05) is 36.4 Å². The summed E-state index contributed by atoms with van der Waals surface area (Å²) >= 11 is 0. The average molecular weight is 411 g/mol. The molecule has 3 aromatic rings. The van der Waals surface area contributed by atoms with Gasteiger partial charge in [0.1, 0.15) is 0 Å². The van der Waals surface area contributed by atoms with Gasteiger partial charge in [0.05, 0.1) is 12.0 Å². The molecule has 7 heteroatoms. The molecule has 29 heavy (non-hydrogen) atoms. The van der Waals surface area contributed by atoms with Gasteiger partial charge in [-0.05, 0) is 48.0 Å². The first kappa shape index (κ1) is 20.3. The summed E-state index contributed by atoms with van der Waals surface area (Å²) in [6.07, 6.45) is 3.17. The van der Waals surface area contributed by atoms with E-state index >= 15 is 0 Å². The molecule has 0 unspecified atom stereocenters. The Labute approximate surface area is 168 Å². The third-order valence-corrected chi connectivity index (χ3v) is 5.46. The van der Waals surface area contributed by atoms with E-state index in [0.29, 0.717) is 5.56 Å². The molecule has 3 aromatic carbocycles. The fourth-order valence-corrected chi connectivity index (χ4v) is 3.63. The van der Waals surface area contributed by atoms with Crippen molar-refractivity contribution in [2.75, 3.05) is 11.8 Å². The van der Waals surface area contributed by atoms with Crippen LogP contribution in [-0.2, 0) is 10.0 Å². The first-order valence-corrected chi connectivity index (χ1v) is 10.1. The number of carbonyl (C=O) groups excluding carboxylic acids is 1. The molecule has 0 heterocycles. The van der Waals surface area contributed by atoms with Crippen molar-refractivity contribution < 1.29 is 22.3 Å². The highest BCUT2D eigenvalue weighted by molar-refractivity contribution is 7.92. The highest BCUT2D eigenvalue weighted by atomic mass is 32.2. The number of hydrogen-bond acceptors (Lipinski definition) is 4. The number of carbonyl (C=O) groups is 1. The molecule has 0 radical (unpaired) electrons. The van der Waals surface area contributed by atoms with Crippen LogP contribution in [0.1, 0.15) is 15.9 Å². The largest absolute Gasteiger partial charge is 0.494 e. The Bertz CT molecular complexity index is 1140. The second-order valence-corrected chi connectivity index (χ2v) is 7.77. The van der Waals surface area contributed by atoms with E-state index in [0.717, 1.165) is 23.8 Å². The molecule has 0 amide bonds. The lowest BCUT2D eigenvalue weighted by molar-refractivity contribution is 0.104. The lowest BCUT2D eigenvalue weighted by atomic mass is 10.1. The number of anilines is 1. The SMILES string of the molecule is COc1cc(S(=O)(=O)Nc2ccc(C(=O)/C=C/c3ccccc3)cc2)ccc1F. The molecule has 0 spiro atoms. The number of halogens is 1. The molecule has 0 bridgehead atoms. The summed E-state index contributed by atoms with van der Waals surface area (Å²) in [7, 11) is -2.68. The van der Waals surface area contributed by atoms with Crippen molar-refractivity contribution in [1.82, 2.24) is 0 Å². The molecule has 0 aliphatic heterocycles. The quantitative estimate of drug-likeness (QED) is 0.458. The smallest absolute Gasteiger partial charge is 0.262 e. The van der Waals surface area contributed by atoms with Gasteiger partial charge in [-0.2, -0.15) is 0 Å². The van der Waals surface area contributed by atoms with E-state index in [1.807, 2.05) is 30.3 Å². The minimum absolute atomic E-state index is 0.137. The van der Waals surface area contributed by atoms with Crippen LogP contribution in [0.15, 0.2) is 83.8 Å². The number of methoxy groups -OCH3 is 1. The zero-order valence-corrected chi connectivity index (χ0v) is 16.3. The zero-order valence-electron chi connectivity index (χ0n) is 15.5. The van der Waals surface area contributed by atoms with Crippen LogP contribution in [0.4, 0.5) is 10.1 Å². The number of nitrogens with one attached hydrogen (secondary N) is 1. The van der Waals surface area contributed by atoms with Crippen molar-refractivity contribution >= 4 is 27.6 Å². The van der Waals surface area contributed by atoms with Crippen LogP contribution in [0, 0.1) is 5.82 Å². The van der Waals surface area contributed by atoms with Crippen LogP contribution in [0.25, 0.3) is 6.08 Å². The normalized spacial score (nSPS) is 11.4. The van der Waals surface area contributed by atoms with Gasteiger partial charge in [-0.25, -0.2) is 12.8 Å². The van der Waals surface area contributed by atoms with E-state index in [4.69, 9.17) is 4.74 Å². The minimum atomic E-state index is -3.94. The number of benzene rings is 3. The number of allylic oxidation sites excluding steroid dienone is 1. The third-order valence-electron chi connectivity index (χ3n) is 4.08. The van der Waals surface area contributed by atoms with Crippen molar-refractivity contribution in [3.63, 3.8) is 0 Å². The summed E-state index contributed by atoms with van der Waals surface area (Å²) in [4.78, 5) is 12.1. The van der Waals surface area contributed by atoms with Crippen LogP contribution in [0.5, 0.6) is 5.75 Å². The number of rotatable bonds is 7. The summed E-state index contributed by atoms with van der Waals surface area (Å²) in [5.41, 5.74) is 1.60. The lowest BCUT2D eigenvalue weighted by Crippen LogP contribution is -2.13. The molecule has 148 valence electrons. The maximum absolute atomic E-state index is 13.5. The van der Waals surface area contributed by atoms with Gasteiger partial charge < -0.3 is 4.74 Å². The summed E-state index contributed by atoms with van der Waals surface area (Å²) in [5, 5.41) is 0. The van der Waals surface area contributed by atoms with Gasteiger partial charge in [0.2, 0.25) is 0 Å². The predicted octanol–water partition coefficient (Wildman–Crippen LogP) is 4.53.